The largest absolute Gasteiger partial charge is 0.388 e. The van der Waals surface area contributed by atoms with Gasteiger partial charge in [-0.1, -0.05) is 18.2 Å². The van der Waals surface area contributed by atoms with Crippen LogP contribution in [-0.2, 0) is 7.05 Å². The Morgan fingerprint density at radius 1 is 1.04 bits per heavy atom. The molecule has 130 valence electrons. The predicted molar refractivity (Wildman–Crippen MR) is 106 cm³/mol. The van der Waals surface area contributed by atoms with Crippen LogP contribution in [0.2, 0.25) is 0 Å². The first-order chi connectivity index (χ1) is 12.6. The Morgan fingerprint density at radius 3 is 2.69 bits per heavy atom. The van der Waals surface area contributed by atoms with Crippen molar-refractivity contribution in [3.63, 3.8) is 0 Å². The molecule has 0 spiro atoms. The smallest absolute Gasteiger partial charge is 0.162 e. The van der Waals surface area contributed by atoms with Gasteiger partial charge in [0.15, 0.2) is 11.6 Å². The second-order valence-electron chi connectivity index (χ2n) is 6.23. The molecule has 0 bridgehead atoms. The Kier molecular flexibility index (Phi) is 4.01. The van der Waals surface area contributed by atoms with Gasteiger partial charge in [-0.15, -0.1) is 0 Å². The fourth-order valence-corrected chi connectivity index (χ4v) is 2.89. The van der Waals surface area contributed by atoms with Gasteiger partial charge in [0.05, 0.1) is 5.52 Å². The van der Waals surface area contributed by atoms with Crippen molar-refractivity contribution in [2.45, 2.75) is 6.92 Å². The quantitative estimate of drug-likeness (QED) is 0.583. The normalized spacial score (nSPS) is 10.9. The summed E-state index contributed by atoms with van der Waals surface area (Å²) in [5.74, 6) is 2.17. The lowest BCUT2D eigenvalue weighted by Gasteiger charge is -2.11. The van der Waals surface area contributed by atoms with Crippen LogP contribution in [-0.4, -0.2) is 26.6 Å². The van der Waals surface area contributed by atoms with E-state index < -0.39 is 0 Å². The predicted octanol–water partition coefficient (Wildman–Crippen LogP) is 4.12. The van der Waals surface area contributed by atoms with E-state index in [2.05, 4.69) is 15.6 Å². The van der Waals surface area contributed by atoms with Crippen LogP contribution in [0.5, 0.6) is 0 Å². The number of aromatic nitrogens is 4. The molecule has 2 N–H and O–H groups in total. The Hall–Kier alpha value is -3.41. The highest BCUT2D eigenvalue weighted by molar-refractivity contribution is 5.90. The van der Waals surface area contributed by atoms with E-state index in [1.165, 1.54) is 0 Å². The summed E-state index contributed by atoms with van der Waals surface area (Å²) >= 11 is 0. The van der Waals surface area contributed by atoms with Crippen molar-refractivity contribution >= 4 is 28.4 Å². The Labute approximate surface area is 151 Å². The van der Waals surface area contributed by atoms with Crippen molar-refractivity contribution in [2.24, 2.45) is 7.05 Å². The topological polar surface area (TPSA) is 67.7 Å². The van der Waals surface area contributed by atoms with Gasteiger partial charge in [-0.25, -0.2) is 15.0 Å². The average molecular weight is 344 g/mol. The van der Waals surface area contributed by atoms with Crippen LogP contribution >= 0.6 is 0 Å². The van der Waals surface area contributed by atoms with Gasteiger partial charge in [0.1, 0.15) is 11.3 Å². The van der Waals surface area contributed by atoms with E-state index in [4.69, 9.17) is 9.97 Å². The molecule has 0 aliphatic rings. The average Bonchev–Trinajstić information content (AvgIpc) is 3.05. The summed E-state index contributed by atoms with van der Waals surface area (Å²) < 4.78 is 2.01. The minimum Gasteiger partial charge on any atom is -0.388 e. The van der Waals surface area contributed by atoms with E-state index in [0.29, 0.717) is 5.82 Å². The van der Waals surface area contributed by atoms with Crippen molar-refractivity contribution in [3.05, 3.63) is 60.4 Å². The van der Waals surface area contributed by atoms with Gasteiger partial charge < -0.3 is 15.2 Å². The molecule has 0 atom stereocenters. The third-order valence-corrected chi connectivity index (χ3v) is 4.29. The molecule has 0 aliphatic carbocycles. The molecule has 0 radical (unpaired) electrons. The monoisotopic (exact) mass is 344 g/mol. The van der Waals surface area contributed by atoms with E-state index in [0.717, 1.165) is 39.5 Å². The minimum atomic E-state index is 0.676. The highest BCUT2D eigenvalue weighted by Crippen LogP contribution is 2.28. The summed E-state index contributed by atoms with van der Waals surface area (Å²) in [6.07, 6.45) is 3.82. The summed E-state index contributed by atoms with van der Waals surface area (Å²) in [5.41, 5.74) is 4.94. The molecule has 0 unspecified atom stereocenters. The molecule has 3 aromatic heterocycles. The fraction of sp³-hybridized carbons (Fsp3) is 0.150. The maximum absolute atomic E-state index is 4.79. The third-order valence-electron chi connectivity index (χ3n) is 4.29. The molecule has 0 aliphatic heterocycles. The summed E-state index contributed by atoms with van der Waals surface area (Å²) in [6, 6.07) is 14.0. The lowest BCUT2D eigenvalue weighted by molar-refractivity contribution is 0.964. The van der Waals surface area contributed by atoms with Gasteiger partial charge in [0.2, 0.25) is 0 Å². The Morgan fingerprint density at radius 2 is 1.92 bits per heavy atom. The second-order valence-corrected chi connectivity index (χ2v) is 6.23. The van der Waals surface area contributed by atoms with Crippen LogP contribution in [0.4, 0.5) is 17.3 Å². The molecule has 3 heterocycles. The molecule has 26 heavy (non-hydrogen) atoms. The number of benzene rings is 1. The highest BCUT2D eigenvalue weighted by Gasteiger charge is 2.13. The van der Waals surface area contributed by atoms with Gasteiger partial charge in [0, 0.05) is 37.7 Å². The minimum absolute atomic E-state index is 0.676. The summed E-state index contributed by atoms with van der Waals surface area (Å²) in [6.45, 7) is 2.02. The molecule has 0 fully saturated rings. The summed E-state index contributed by atoms with van der Waals surface area (Å²) in [7, 11) is 3.89. The van der Waals surface area contributed by atoms with E-state index >= 15 is 0 Å². The van der Waals surface area contributed by atoms with Crippen LogP contribution in [0.1, 0.15) is 5.56 Å². The van der Waals surface area contributed by atoms with Crippen LogP contribution in [0.15, 0.2) is 54.9 Å². The number of aryl methyl sites for hydroxylation is 2. The molecule has 4 rings (SSSR count). The van der Waals surface area contributed by atoms with Crippen LogP contribution in [0, 0.1) is 6.92 Å². The summed E-state index contributed by atoms with van der Waals surface area (Å²) in [5, 5.41) is 6.49. The second kappa shape index (κ2) is 6.48. The zero-order valence-electron chi connectivity index (χ0n) is 15.0. The molecule has 0 amide bonds. The van der Waals surface area contributed by atoms with Gasteiger partial charge >= 0.3 is 0 Å². The van der Waals surface area contributed by atoms with E-state index in [9.17, 15) is 0 Å². The SMILES string of the molecule is CNc1cccc(-c2nc(Nc3ccc(C)cn3)c3c(ccn3C)n2)c1. The number of anilines is 3. The zero-order chi connectivity index (χ0) is 18.1. The molecule has 6 nitrogen and oxygen atoms in total. The van der Waals surface area contributed by atoms with Gasteiger partial charge in [-0.2, -0.15) is 0 Å². The van der Waals surface area contributed by atoms with Crippen molar-refractivity contribution in [2.75, 3.05) is 17.7 Å². The fourth-order valence-electron chi connectivity index (χ4n) is 2.89. The van der Waals surface area contributed by atoms with E-state index in [1.807, 2.05) is 80.4 Å². The first kappa shape index (κ1) is 16.1. The van der Waals surface area contributed by atoms with E-state index in [-0.39, 0.29) is 0 Å². The number of nitrogens with zero attached hydrogens (tertiary/aromatic N) is 4. The molecule has 4 aromatic rings. The van der Waals surface area contributed by atoms with Crippen LogP contribution < -0.4 is 10.6 Å². The molecule has 6 heteroatoms. The standard InChI is InChI=1S/C20H20N6/c1-13-7-8-17(22-12-13)24-20-18-16(9-10-26(18)3)23-19(25-20)14-5-4-6-15(11-14)21-2/h4-12,21H,1-3H3,(H,22,23,24,25). The lowest BCUT2D eigenvalue weighted by atomic mass is 10.2. The van der Waals surface area contributed by atoms with Crippen molar-refractivity contribution in [3.8, 4) is 11.4 Å². The number of pyridine rings is 1. The third kappa shape index (κ3) is 2.97. The van der Waals surface area contributed by atoms with Crippen molar-refractivity contribution < 1.29 is 0 Å². The number of nitrogens with one attached hydrogen (secondary N) is 2. The first-order valence-corrected chi connectivity index (χ1v) is 8.45. The Balaban J connectivity index is 1.84. The Bertz CT molecular complexity index is 1070. The maximum Gasteiger partial charge on any atom is 0.162 e. The van der Waals surface area contributed by atoms with Gasteiger partial charge in [-0.3, -0.25) is 0 Å². The van der Waals surface area contributed by atoms with Gasteiger partial charge in [0.25, 0.3) is 0 Å². The molecule has 0 saturated carbocycles. The first-order valence-electron chi connectivity index (χ1n) is 8.45. The van der Waals surface area contributed by atoms with Crippen LogP contribution in [0.25, 0.3) is 22.4 Å². The zero-order valence-corrected chi connectivity index (χ0v) is 15.0. The van der Waals surface area contributed by atoms with Crippen LogP contribution in [0.3, 0.4) is 0 Å². The van der Waals surface area contributed by atoms with Crippen molar-refractivity contribution in [1.82, 2.24) is 19.5 Å². The molecular formula is C20H20N6. The number of hydrogen-bond donors (Lipinski definition) is 2. The summed E-state index contributed by atoms with van der Waals surface area (Å²) in [4.78, 5) is 14.0. The maximum atomic E-state index is 4.79. The highest BCUT2D eigenvalue weighted by atomic mass is 15.1. The molecule has 1 aromatic carbocycles. The number of rotatable bonds is 4. The molecule has 0 saturated heterocycles. The van der Waals surface area contributed by atoms with Crippen molar-refractivity contribution in [1.29, 1.82) is 0 Å². The number of hydrogen-bond acceptors (Lipinski definition) is 5. The lowest BCUT2D eigenvalue weighted by Crippen LogP contribution is -2.02. The van der Waals surface area contributed by atoms with Gasteiger partial charge in [-0.05, 0) is 36.8 Å². The number of fused-ring (bicyclic) bond motifs is 1. The van der Waals surface area contributed by atoms with E-state index in [1.54, 1.807) is 0 Å². The molecular weight excluding hydrogens is 324 g/mol.